The minimum absolute atomic E-state index is 0.0521. The molecule has 12 heavy (non-hydrogen) atoms. The molecule has 0 saturated heterocycles. The van der Waals surface area contributed by atoms with E-state index < -0.39 is 0 Å². The number of Topliss-reactive ketones (excluding diaryl/α,β-unsaturated/α-hetero) is 1. The highest BCUT2D eigenvalue weighted by Gasteiger charge is 2.12. The summed E-state index contributed by atoms with van der Waals surface area (Å²) < 4.78 is 0. The molecule has 0 radical (unpaired) electrons. The van der Waals surface area contributed by atoms with E-state index in [0.717, 1.165) is 0 Å². The second-order valence-electron chi connectivity index (χ2n) is 3.22. The van der Waals surface area contributed by atoms with Crippen molar-refractivity contribution >= 4 is 11.6 Å². The first-order chi connectivity index (χ1) is 5.61. The van der Waals surface area contributed by atoms with Crippen LogP contribution < -0.4 is 5.73 Å². The average molecular weight is 167 g/mol. The molecule has 0 aliphatic rings. The van der Waals surface area contributed by atoms with Crippen molar-refractivity contribution in [3.05, 3.63) is 11.8 Å². The highest BCUT2D eigenvalue weighted by molar-refractivity contribution is 5.99. The highest BCUT2D eigenvalue weighted by atomic mass is 16.1. The molecule has 0 amide bonds. The van der Waals surface area contributed by atoms with Crippen molar-refractivity contribution in [2.45, 2.75) is 20.3 Å². The number of carbonyl (C=O) groups is 1. The van der Waals surface area contributed by atoms with E-state index in [1.807, 2.05) is 13.8 Å². The molecule has 1 aromatic heterocycles. The third-order valence-corrected chi connectivity index (χ3v) is 1.56. The summed E-state index contributed by atoms with van der Waals surface area (Å²) in [4.78, 5) is 11.4. The molecule has 0 saturated carbocycles. The molecular weight excluding hydrogens is 154 g/mol. The molecule has 0 aliphatic heterocycles. The maximum atomic E-state index is 11.4. The molecule has 4 heteroatoms. The lowest BCUT2D eigenvalue weighted by molar-refractivity contribution is 0.0969. The average Bonchev–Trinajstić information content (AvgIpc) is 2.33. The molecule has 0 atom stereocenters. The molecule has 3 N–H and O–H groups in total. The van der Waals surface area contributed by atoms with Crippen LogP contribution in [0, 0.1) is 5.92 Å². The van der Waals surface area contributed by atoms with Crippen LogP contribution in [0.2, 0.25) is 0 Å². The van der Waals surface area contributed by atoms with Crippen molar-refractivity contribution in [2.24, 2.45) is 5.92 Å². The molecule has 0 aromatic carbocycles. The van der Waals surface area contributed by atoms with Gasteiger partial charge in [0, 0.05) is 6.42 Å². The van der Waals surface area contributed by atoms with Crippen LogP contribution in [-0.2, 0) is 0 Å². The molecule has 0 unspecified atom stereocenters. The van der Waals surface area contributed by atoms with Gasteiger partial charge in [0.15, 0.2) is 5.78 Å². The Bertz CT molecular complexity index is 278. The third-order valence-electron chi connectivity index (χ3n) is 1.56. The maximum absolute atomic E-state index is 11.4. The Morgan fingerprint density at radius 1 is 1.75 bits per heavy atom. The van der Waals surface area contributed by atoms with Crippen molar-refractivity contribution in [3.8, 4) is 0 Å². The number of carbonyl (C=O) groups excluding carboxylic acids is 1. The van der Waals surface area contributed by atoms with Crippen LogP contribution in [0.4, 0.5) is 5.82 Å². The van der Waals surface area contributed by atoms with Crippen molar-refractivity contribution in [1.29, 1.82) is 0 Å². The zero-order valence-corrected chi connectivity index (χ0v) is 7.29. The lowest BCUT2D eigenvalue weighted by atomic mass is 10.0. The topological polar surface area (TPSA) is 71.8 Å². The third kappa shape index (κ3) is 1.84. The molecule has 1 aromatic rings. The van der Waals surface area contributed by atoms with Crippen molar-refractivity contribution in [3.63, 3.8) is 0 Å². The Kier molecular flexibility index (Phi) is 2.47. The first-order valence-corrected chi connectivity index (χ1v) is 3.93. The van der Waals surface area contributed by atoms with E-state index in [-0.39, 0.29) is 5.78 Å². The number of nitrogens with two attached hydrogens (primary N) is 1. The summed E-state index contributed by atoms with van der Waals surface area (Å²) in [5, 5.41) is 6.21. The number of nitrogens with one attached hydrogen (secondary N) is 1. The molecule has 4 nitrogen and oxygen atoms in total. The number of anilines is 1. The number of ketones is 1. The van der Waals surface area contributed by atoms with Crippen LogP contribution in [0.1, 0.15) is 30.6 Å². The molecule has 1 rings (SSSR count). The Labute approximate surface area is 71.2 Å². The Morgan fingerprint density at radius 2 is 2.42 bits per heavy atom. The summed E-state index contributed by atoms with van der Waals surface area (Å²) >= 11 is 0. The van der Waals surface area contributed by atoms with E-state index in [1.54, 1.807) is 0 Å². The summed E-state index contributed by atoms with van der Waals surface area (Å²) in [6.07, 6.45) is 1.99. The Balaban J connectivity index is 2.72. The van der Waals surface area contributed by atoms with Gasteiger partial charge in [-0.2, -0.15) is 5.10 Å². The van der Waals surface area contributed by atoms with Crippen LogP contribution in [0.3, 0.4) is 0 Å². The van der Waals surface area contributed by atoms with Gasteiger partial charge in [0.05, 0.1) is 11.8 Å². The molecule has 66 valence electrons. The molecule has 0 aliphatic carbocycles. The molecular formula is C8H13N3O. The van der Waals surface area contributed by atoms with E-state index >= 15 is 0 Å². The zero-order valence-electron chi connectivity index (χ0n) is 7.29. The summed E-state index contributed by atoms with van der Waals surface area (Å²) in [5.74, 6) is 0.767. The predicted octanol–water partition coefficient (Wildman–Crippen LogP) is 1.22. The number of hydrogen-bond donors (Lipinski definition) is 2. The highest BCUT2D eigenvalue weighted by Crippen LogP contribution is 2.12. The number of nitrogen functional groups attached to an aromatic ring is 1. The van der Waals surface area contributed by atoms with E-state index in [9.17, 15) is 4.79 Å². The van der Waals surface area contributed by atoms with Crippen LogP contribution in [0.5, 0.6) is 0 Å². The number of rotatable bonds is 3. The minimum Gasteiger partial charge on any atom is -0.383 e. The maximum Gasteiger partial charge on any atom is 0.168 e. The lowest BCUT2D eigenvalue weighted by Crippen LogP contribution is -2.05. The SMILES string of the molecule is CC(C)CC(=O)c1cn[nH]c1N. The quantitative estimate of drug-likeness (QED) is 0.665. The number of hydrogen-bond acceptors (Lipinski definition) is 3. The molecule has 0 bridgehead atoms. The van der Waals surface area contributed by atoms with Gasteiger partial charge in [-0.15, -0.1) is 0 Å². The van der Waals surface area contributed by atoms with E-state index in [0.29, 0.717) is 23.7 Å². The Hall–Kier alpha value is -1.32. The van der Waals surface area contributed by atoms with Crippen LogP contribution >= 0.6 is 0 Å². The monoisotopic (exact) mass is 167 g/mol. The zero-order chi connectivity index (χ0) is 9.14. The van der Waals surface area contributed by atoms with Gasteiger partial charge in [0.25, 0.3) is 0 Å². The van der Waals surface area contributed by atoms with Crippen LogP contribution in [-0.4, -0.2) is 16.0 Å². The van der Waals surface area contributed by atoms with Crippen molar-refractivity contribution < 1.29 is 4.79 Å². The number of H-pyrrole nitrogens is 1. The van der Waals surface area contributed by atoms with Crippen molar-refractivity contribution in [1.82, 2.24) is 10.2 Å². The summed E-state index contributed by atoms with van der Waals surface area (Å²) in [5.41, 5.74) is 5.98. The van der Waals surface area contributed by atoms with E-state index in [4.69, 9.17) is 5.73 Å². The fourth-order valence-electron chi connectivity index (χ4n) is 0.999. The van der Waals surface area contributed by atoms with Crippen LogP contribution in [0.25, 0.3) is 0 Å². The van der Waals surface area contributed by atoms with Gasteiger partial charge in [-0.3, -0.25) is 9.89 Å². The molecule has 0 fully saturated rings. The fraction of sp³-hybridized carbons (Fsp3) is 0.500. The summed E-state index contributed by atoms with van der Waals surface area (Å²) in [7, 11) is 0. The largest absolute Gasteiger partial charge is 0.383 e. The summed E-state index contributed by atoms with van der Waals surface area (Å²) in [6, 6.07) is 0. The Morgan fingerprint density at radius 3 is 2.83 bits per heavy atom. The van der Waals surface area contributed by atoms with E-state index in [1.165, 1.54) is 6.20 Å². The smallest absolute Gasteiger partial charge is 0.168 e. The number of nitrogens with zero attached hydrogens (tertiary/aromatic N) is 1. The molecule has 1 heterocycles. The second kappa shape index (κ2) is 3.38. The number of aromatic amines is 1. The van der Waals surface area contributed by atoms with Gasteiger partial charge in [-0.05, 0) is 5.92 Å². The first kappa shape index (κ1) is 8.77. The second-order valence-corrected chi connectivity index (χ2v) is 3.22. The van der Waals surface area contributed by atoms with Gasteiger partial charge >= 0.3 is 0 Å². The van der Waals surface area contributed by atoms with E-state index in [2.05, 4.69) is 10.2 Å². The van der Waals surface area contributed by atoms with Gasteiger partial charge in [0.2, 0.25) is 0 Å². The molecule has 0 spiro atoms. The van der Waals surface area contributed by atoms with Crippen molar-refractivity contribution in [2.75, 3.05) is 5.73 Å². The van der Waals surface area contributed by atoms with Gasteiger partial charge in [-0.25, -0.2) is 0 Å². The predicted molar refractivity (Wildman–Crippen MR) is 46.8 cm³/mol. The fourth-order valence-corrected chi connectivity index (χ4v) is 0.999. The standard InChI is InChI=1S/C8H13N3O/c1-5(2)3-7(12)6-4-10-11-8(6)9/h4-5H,3H2,1-2H3,(H3,9,10,11). The van der Waals surface area contributed by atoms with Gasteiger partial charge in [-0.1, -0.05) is 13.8 Å². The van der Waals surface area contributed by atoms with Gasteiger partial charge < -0.3 is 5.73 Å². The lowest BCUT2D eigenvalue weighted by Gasteiger charge is -2.01. The number of aromatic nitrogens is 2. The first-order valence-electron chi connectivity index (χ1n) is 3.93. The van der Waals surface area contributed by atoms with Crippen LogP contribution in [0.15, 0.2) is 6.20 Å². The minimum atomic E-state index is 0.0521. The summed E-state index contributed by atoms with van der Waals surface area (Å²) in [6.45, 7) is 3.99. The van der Waals surface area contributed by atoms with Gasteiger partial charge in [0.1, 0.15) is 5.82 Å². The normalized spacial score (nSPS) is 10.6.